The minimum atomic E-state index is 0.569. The Bertz CT molecular complexity index is 437. The van der Waals surface area contributed by atoms with Gasteiger partial charge in [0.25, 0.3) is 0 Å². The molecule has 2 rings (SSSR count). The van der Waals surface area contributed by atoms with E-state index in [1.54, 1.807) is 16.7 Å². The number of nitrogens with two attached hydrogens (primary N) is 1. The van der Waals surface area contributed by atoms with E-state index in [0.29, 0.717) is 16.5 Å². The van der Waals surface area contributed by atoms with Crippen molar-refractivity contribution < 1.29 is 0 Å². The van der Waals surface area contributed by atoms with Gasteiger partial charge in [-0.1, -0.05) is 11.6 Å². The smallest absolute Gasteiger partial charge is 0.158 e. The molecule has 5 heteroatoms. The maximum Gasteiger partial charge on any atom is 0.158 e. The predicted octanol–water partition coefficient (Wildman–Crippen LogP) is 2.33. The minimum Gasteiger partial charge on any atom is -0.383 e. The molecule has 0 aliphatic carbocycles. The van der Waals surface area contributed by atoms with Crippen molar-refractivity contribution >= 4 is 39.0 Å². The number of anilines is 1. The zero-order valence-corrected chi connectivity index (χ0v) is 8.30. The van der Waals surface area contributed by atoms with E-state index in [4.69, 9.17) is 17.3 Å². The van der Waals surface area contributed by atoms with Crippen molar-refractivity contribution in [2.24, 2.45) is 0 Å². The molecule has 0 bridgehead atoms. The van der Waals surface area contributed by atoms with Crippen LogP contribution in [0.2, 0.25) is 5.02 Å². The lowest BCUT2D eigenvalue weighted by Gasteiger charge is -2.00. The van der Waals surface area contributed by atoms with Crippen molar-refractivity contribution in [3.05, 3.63) is 28.0 Å². The Morgan fingerprint density at radius 2 is 2.25 bits per heavy atom. The van der Waals surface area contributed by atoms with E-state index in [9.17, 15) is 0 Å². The molecule has 2 N–H and O–H groups in total. The van der Waals surface area contributed by atoms with Crippen LogP contribution in [0.15, 0.2) is 22.9 Å². The highest BCUT2D eigenvalue weighted by Crippen LogP contribution is 2.23. The molecule has 0 saturated carbocycles. The Morgan fingerprint density at radius 1 is 1.50 bits per heavy atom. The molecular formula is C7H5BrClN3. The Hall–Kier alpha value is -0.740. The van der Waals surface area contributed by atoms with Gasteiger partial charge in [-0.3, -0.25) is 4.40 Å². The highest BCUT2D eigenvalue weighted by molar-refractivity contribution is 9.10. The van der Waals surface area contributed by atoms with E-state index >= 15 is 0 Å². The summed E-state index contributed by atoms with van der Waals surface area (Å²) in [6.45, 7) is 0. The van der Waals surface area contributed by atoms with Gasteiger partial charge in [-0.25, -0.2) is 4.98 Å². The summed E-state index contributed by atoms with van der Waals surface area (Å²) < 4.78 is 2.58. The second-order valence-corrected chi connectivity index (χ2v) is 3.57. The highest BCUT2D eigenvalue weighted by atomic mass is 79.9. The average Bonchev–Trinajstić information content (AvgIpc) is 2.42. The molecule has 0 aromatic carbocycles. The topological polar surface area (TPSA) is 43.3 Å². The number of imidazole rings is 1. The van der Waals surface area contributed by atoms with Crippen molar-refractivity contribution in [3.63, 3.8) is 0 Å². The molecule has 3 nitrogen and oxygen atoms in total. The minimum absolute atomic E-state index is 0.569. The molecule has 0 aliphatic rings. The van der Waals surface area contributed by atoms with Crippen molar-refractivity contribution in [3.8, 4) is 0 Å². The van der Waals surface area contributed by atoms with Crippen LogP contribution in [0.25, 0.3) is 5.65 Å². The third-order valence-electron chi connectivity index (χ3n) is 1.58. The fourth-order valence-corrected chi connectivity index (χ4v) is 1.75. The number of hydrogen-bond acceptors (Lipinski definition) is 2. The van der Waals surface area contributed by atoms with Crippen LogP contribution in [0.4, 0.5) is 5.82 Å². The molecule has 0 saturated heterocycles. The van der Waals surface area contributed by atoms with Gasteiger partial charge in [-0.15, -0.1) is 0 Å². The van der Waals surface area contributed by atoms with E-state index in [1.807, 2.05) is 6.07 Å². The van der Waals surface area contributed by atoms with Gasteiger partial charge < -0.3 is 5.73 Å². The Labute approximate surface area is 82.3 Å². The number of rotatable bonds is 0. The van der Waals surface area contributed by atoms with Crippen LogP contribution in [0, 0.1) is 0 Å². The fourth-order valence-electron chi connectivity index (χ4n) is 1.05. The molecular weight excluding hydrogens is 241 g/mol. The zero-order chi connectivity index (χ0) is 8.72. The first-order chi connectivity index (χ1) is 5.70. The summed E-state index contributed by atoms with van der Waals surface area (Å²) in [4.78, 5) is 4.05. The summed E-state index contributed by atoms with van der Waals surface area (Å²) in [5.74, 6) is 0.569. The predicted molar refractivity (Wildman–Crippen MR) is 52.3 cm³/mol. The highest BCUT2D eigenvalue weighted by Gasteiger charge is 2.05. The monoisotopic (exact) mass is 245 g/mol. The van der Waals surface area contributed by atoms with Gasteiger partial charge in [-0.05, 0) is 28.1 Å². The van der Waals surface area contributed by atoms with Crippen molar-refractivity contribution in [2.45, 2.75) is 0 Å². The lowest BCUT2D eigenvalue weighted by atomic mass is 10.5. The van der Waals surface area contributed by atoms with Crippen LogP contribution in [0.5, 0.6) is 0 Å². The molecule has 12 heavy (non-hydrogen) atoms. The van der Waals surface area contributed by atoms with Gasteiger partial charge >= 0.3 is 0 Å². The Morgan fingerprint density at radius 3 is 2.92 bits per heavy atom. The van der Waals surface area contributed by atoms with Crippen LogP contribution in [0.3, 0.4) is 0 Å². The summed E-state index contributed by atoms with van der Waals surface area (Å²) in [5, 5.41) is 0.593. The quantitative estimate of drug-likeness (QED) is 0.725. The maximum absolute atomic E-state index is 5.88. The number of nitrogen functional groups attached to an aromatic ring is 1. The van der Waals surface area contributed by atoms with Crippen LogP contribution < -0.4 is 5.73 Å². The SMILES string of the molecule is Nc1cnc2c(Cl)ccc(Br)n12. The van der Waals surface area contributed by atoms with Crippen LogP contribution in [0.1, 0.15) is 0 Å². The zero-order valence-electron chi connectivity index (χ0n) is 5.96. The van der Waals surface area contributed by atoms with Gasteiger partial charge in [0.1, 0.15) is 5.82 Å². The molecule has 62 valence electrons. The Balaban J connectivity index is 2.98. The normalized spacial score (nSPS) is 10.8. The summed E-state index contributed by atoms with van der Waals surface area (Å²) in [7, 11) is 0. The van der Waals surface area contributed by atoms with E-state index in [1.165, 1.54) is 0 Å². The van der Waals surface area contributed by atoms with Crippen LogP contribution >= 0.6 is 27.5 Å². The van der Waals surface area contributed by atoms with Gasteiger partial charge in [0.15, 0.2) is 5.65 Å². The van der Waals surface area contributed by atoms with Gasteiger partial charge in [0.2, 0.25) is 0 Å². The van der Waals surface area contributed by atoms with E-state index in [2.05, 4.69) is 20.9 Å². The number of aromatic nitrogens is 2. The summed E-state index contributed by atoms with van der Waals surface area (Å²) in [5.41, 5.74) is 6.33. The number of halogens is 2. The fraction of sp³-hybridized carbons (Fsp3) is 0. The van der Waals surface area contributed by atoms with Crippen molar-refractivity contribution in [1.29, 1.82) is 0 Å². The lowest BCUT2D eigenvalue weighted by Crippen LogP contribution is -1.93. The second-order valence-electron chi connectivity index (χ2n) is 2.35. The van der Waals surface area contributed by atoms with Gasteiger partial charge in [-0.2, -0.15) is 0 Å². The molecule has 0 amide bonds. The largest absolute Gasteiger partial charge is 0.383 e. The van der Waals surface area contributed by atoms with Crippen LogP contribution in [-0.4, -0.2) is 9.38 Å². The molecule has 0 fully saturated rings. The average molecular weight is 246 g/mol. The molecule has 2 aromatic heterocycles. The van der Waals surface area contributed by atoms with E-state index in [-0.39, 0.29) is 0 Å². The van der Waals surface area contributed by atoms with E-state index < -0.39 is 0 Å². The standard InChI is InChI=1S/C7H5BrClN3/c8-5-2-1-4(9)7-11-3-6(10)12(5)7/h1-3H,10H2. The third-order valence-corrected chi connectivity index (χ3v) is 2.50. The lowest BCUT2D eigenvalue weighted by molar-refractivity contribution is 1.15. The van der Waals surface area contributed by atoms with Gasteiger partial charge in [0, 0.05) is 0 Å². The first-order valence-electron chi connectivity index (χ1n) is 3.27. The first-order valence-corrected chi connectivity index (χ1v) is 4.44. The number of fused-ring (bicyclic) bond motifs is 1. The van der Waals surface area contributed by atoms with E-state index in [0.717, 1.165) is 4.60 Å². The first kappa shape index (κ1) is 7.89. The van der Waals surface area contributed by atoms with Crippen molar-refractivity contribution in [1.82, 2.24) is 9.38 Å². The maximum atomic E-state index is 5.88. The molecule has 0 aliphatic heterocycles. The third kappa shape index (κ3) is 0.990. The molecule has 0 unspecified atom stereocenters. The molecule has 0 atom stereocenters. The molecule has 2 heterocycles. The van der Waals surface area contributed by atoms with Crippen LogP contribution in [-0.2, 0) is 0 Å². The second kappa shape index (κ2) is 2.64. The summed E-state index contributed by atoms with van der Waals surface area (Å²) in [6.07, 6.45) is 1.58. The number of nitrogens with zero attached hydrogens (tertiary/aromatic N) is 2. The molecule has 2 aromatic rings. The molecule has 0 radical (unpaired) electrons. The summed E-state index contributed by atoms with van der Waals surface area (Å²) in [6, 6.07) is 3.60. The molecule has 0 spiro atoms. The Kier molecular flexibility index (Phi) is 1.73. The number of pyridine rings is 1. The number of hydrogen-bond donors (Lipinski definition) is 1. The summed E-state index contributed by atoms with van der Waals surface area (Å²) >= 11 is 9.23. The van der Waals surface area contributed by atoms with Gasteiger partial charge in [0.05, 0.1) is 15.8 Å². The van der Waals surface area contributed by atoms with Crippen molar-refractivity contribution in [2.75, 3.05) is 5.73 Å².